The minimum atomic E-state index is -3.71. The summed E-state index contributed by atoms with van der Waals surface area (Å²) >= 11 is 5.59. The van der Waals surface area contributed by atoms with E-state index in [1.807, 2.05) is 0 Å². The Morgan fingerprint density at radius 3 is 2.48 bits per heavy atom. The molecule has 0 atom stereocenters. The molecule has 1 rings (SSSR count). The van der Waals surface area contributed by atoms with E-state index in [1.54, 1.807) is 20.8 Å². The Kier molecular flexibility index (Phi) is 5.72. The van der Waals surface area contributed by atoms with Crippen LogP contribution in [0, 0.1) is 5.82 Å². The van der Waals surface area contributed by atoms with Gasteiger partial charge in [0.1, 0.15) is 5.82 Å². The highest BCUT2D eigenvalue weighted by Crippen LogP contribution is 2.17. The highest BCUT2D eigenvalue weighted by atomic mass is 35.5. The summed E-state index contributed by atoms with van der Waals surface area (Å²) in [7, 11) is -3.71. The van der Waals surface area contributed by atoms with Gasteiger partial charge >= 0.3 is 0 Å². The third-order valence-corrected chi connectivity index (χ3v) is 3.89. The molecule has 0 aliphatic rings. The number of rotatable bonds is 5. The van der Waals surface area contributed by atoms with E-state index >= 15 is 0 Å². The van der Waals surface area contributed by atoms with Gasteiger partial charge in [0.2, 0.25) is 15.9 Å². The van der Waals surface area contributed by atoms with Crippen LogP contribution in [0.2, 0.25) is 5.02 Å². The normalized spacial score (nSPS) is 12.2. The summed E-state index contributed by atoms with van der Waals surface area (Å²) in [6, 6.07) is 3.67. The summed E-state index contributed by atoms with van der Waals surface area (Å²) in [5, 5.41) is 2.49. The fourth-order valence-corrected chi connectivity index (χ4v) is 2.81. The molecule has 0 aromatic heterocycles. The highest BCUT2D eigenvalue weighted by molar-refractivity contribution is 7.88. The number of benzene rings is 1. The van der Waals surface area contributed by atoms with Crippen molar-refractivity contribution >= 4 is 27.5 Å². The first-order valence-electron chi connectivity index (χ1n) is 6.21. The van der Waals surface area contributed by atoms with Gasteiger partial charge < -0.3 is 5.32 Å². The molecule has 21 heavy (non-hydrogen) atoms. The van der Waals surface area contributed by atoms with Crippen molar-refractivity contribution < 1.29 is 17.6 Å². The zero-order valence-electron chi connectivity index (χ0n) is 12.0. The van der Waals surface area contributed by atoms with Crippen molar-refractivity contribution in [3.05, 3.63) is 34.6 Å². The van der Waals surface area contributed by atoms with Crippen LogP contribution in [0.3, 0.4) is 0 Å². The maximum atomic E-state index is 13.0. The second-order valence-electron chi connectivity index (χ2n) is 5.63. The van der Waals surface area contributed by atoms with E-state index in [-0.39, 0.29) is 17.3 Å². The number of nitrogens with one attached hydrogen (secondary N) is 2. The van der Waals surface area contributed by atoms with E-state index in [0.717, 1.165) is 6.07 Å². The van der Waals surface area contributed by atoms with Gasteiger partial charge in [-0.2, -0.15) is 0 Å². The monoisotopic (exact) mass is 336 g/mol. The van der Waals surface area contributed by atoms with Gasteiger partial charge in [-0.3, -0.25) is 4.79 Å². The molecule has 118 valence electrons. The Labute approximate surface area is 128 Å². The summed E-state index contributed by atoms with van der Waals surface area (Å²) in [5.41, 5.74) is -0.0994. The average molecular weight is 337 g/mol. The first kappa shape index (κ1) is 17.9. The lowest BCUT2D eigenvalue weighted by molar-refractivity contribution is -0.121. The van der Waals surface area contributed by atoms with Crippen LogP contribution < -0.4 is 10.0 Å². The predicted octanol–water partition coefficient (Wildman–Crippen LogP) is 1.81. The molecule has 0 aliphatic heterocycles. The molecule has 1 amide bonds. The van der Waals surface area contributed by atoms with Gasteiger partial charge in [-0.1, -0.05) is 17.7 Å². The number of hydrogen-bond donors (Lipinski definition) is 2. The zero-order valence-corrected chi connectivity index (χ0v) is 13.6. The van der Waals surface area contributed by atoms with E-state index < -0.39 is 27.3 Å². The minimum absolute atomic E-state index is 0.145. The lowest BCUT2D eigenvalue weighted by atomic mass is 10.1. The largest absolute Gasteiger partial charge is 0.350 e. The molecule has 0 fully saturated rings. The van der Waals surface area contributed by atoms with E-state index in [2.05, 4.69) is 10.0 Å². The Balaban J connectivity index is 2.62. The van der Waals surface area contributed by atoms with Gasteiger partial charge in [-0.25, -0.2) is 17.5 Å². The van der Waals surface area contributed by atoms with Gasteiger partial charge in [-0.05, 0) is 38.5 Å². The first-order valence-corrected chi connectivity index (χ1v) is 8.24. The third-order valence-electron chi connectivity index (χ3n) is 2.31. The second-order valence-corrected chi connectivity index (χ2v) is 7.84. The molecule has 0 saturated carbocycles. The van der Waals surface area contributed by atoms with Gasteiger partial charge in [0, 0.05) is 5.54 Å². The fraction of sp³-hybridized carbons (Fsp3) is 0.462. The van der Waals surface area contributed by atoms with E-state index in [9.17, 15) is 17.6 Å². The quantitative estimate of drug-likeness (QED) is 0.861. The van der Waals surface area contributed by atoms with E-state index in [4.69, 9.17) is 11.6 Å². The molecular formula is C13H18ClFN2O3S. The highest BCUT2D eigenvalue weighted by Gasteiger charge is 2.17. The van der Waals surface area contributed by atoms with E-state index in [0.29, 0.717) is 5.56 Å². The Morgan fingerprint density at radius 1 is 1.33 bits per heavy atom. The van der Waals surface area contributed by atoms with Crippen molar-refractivity contribution in [3.63, 3.8) is 0 Å². The van der Waals surface area contributed by atoms with Gasteiger partial charge in [0.25, 0.3) is 0 Å². The topological polar surface area (TPSA) is 75.3 Å². The number of carbonyl (C=O) groups is 1. The molecule has 5 nitrogen and oxygen atoms in total. The van der Waals surface area contributed by atoms with Crippen LogP contribution in [-0.4, -0.2) is 26.4 Å². The van der Waals surface area contributed by atoms with Crippen LogP contribution in [0.1, 0.15) is 26.3 Å². The van der Waals surface area contributed by atoms with Gasteiger partial charge in [0.15, 0.2) is 0 Å². The Morgan fingerprint density at radius 2 is 1.95 bits per heavy atom. The first-order chi connectivity index (χ1) is 9.48. The molecule has 0 unspecified atom stereocenters. The molecule has 0 spiro atoms. The summed E-state index contributed by atoms with van der Waals surface area (Å²) in [5.74, 6) is -1.42. The van der Waals surface area contributed by atoms with Crippen LogP contribution in [0.15, 0.2) is 18.2 Å². The molecule has 0 bridgehead atoms. The molecule has 8 heteroatoms. The number of sulfonamides is 1. The van der Waals surface area contributed by atoms with Crippen molar-refractivity contribution in [3.8, 4) is 0 Å². The SMILES string of the molecule is CC(C)(C)NC(=O)CNS(=O)(=O)Cc1ccc(F)c(Cl)c1. The standard InChI is InChI=1S/C13H18ClFN2O3S/c1-13(2,3)17-12(18)7-16-21(19,20)8-9-4-5-11(15)10(14)6-9/h4-6,16H,7-8H2,1-3H3,(H,17,18). The fourth-order valence-electron chi connectivity index (χ4n) is 1.54. The zero-order chi connectivity index (χ0) is 16.3. The lowest BCUT2D eigenvalue weighted by Crippen LogP contribution is -2.45. The minimum Gasteiger partial charge on any atom is -0.350 e. The van der Waals surface area contributed by atoms with Crippen LogP contribution in [0.25, 0.3) is 0 Å². The molecule has 1 aromatic carbocycles. The molecule has 0 saturated heterocycles. The van der Waals surface area contributed by atoms with Crippen molar-refractivity contribution in [2.24, 2.45) is 0 Å². The smallest absolute Gasteiger partial charge is 0.235 e. The summed E-state index contributed by atoms with van der Waals surface area (Å²) in [4.78, 5) is 11.5. The molecule has 1 aromatic rings. The molecule has 0 aliphatic carbocycles. The number of hydrogen-bond acceptors (Lipinski definition) is 3. The number of carbonyl (C=O) groups excluding carboxylic acids is 1. The molecule has 2 N–H and O–H groups in total. The lowest BCUT2D eigenvalue weighted by Gasteiger charge is -2.20. The number of amides is 1. The maximum Gasteiger partial charge on any atom is 0.235 e. The van der Waals surface area contributed by atoms with Crippen LogP contribution in [0.5, 0.6) is 0 Å². The molecular weight excluding hydrogens is 319 g/mol. The molecule has 0 heterocycles. The predicted molar refractivity (Wildman–Crippen MR) is 79.9 cm³/mol. The maximum absolute atomic E-state index is 13.0. The van der Waals surface area contributed by atoms with E-state index in [1.165, 1.54) is 12.1 Å². The van der Waals surface area contributed by atoms with Crippen molar-refractivity contribution in [1.29, 1.82) is 0 Å². The third kappa shape index (κ3) is 6.88. The van der Waals surface area contributed by atoms with Crippen LogP contribution in [0.4, 0.5) is 4.39 Å². The second kappa shape index (κ2) is 6.72. The number of halogens is 2. The average Bonchev–Trinajstić information content (AvgIpc) is 2.29. The summed E-state index contributed by atoms with van der Waals surface area (Å²) in [6.45, 7) is 5.02. The van der Waals surface area contributed by atoms with Crippen molar-refractivity contribution in [2.45, 2.75) is 32.1 Å². The van der Waals surface area contributed by atoms with Gasteiger partial charge in [0.05, 0.1) is 17.3 Å². The Hall–Kier alpha value is -1.18. The van der Waals surface area contributed by atoms with Crippen LogP contribution >= 0.6 is 11.6 Å². The summed E-state index contributed by atoms with van der Waals surface area (Å²) in [6.07, 6.45) is 0. The van der Waals surface area contributed by atoms with Crippen molar-refractivity contribution in [2.75, 3.05) is 6.54 Å². The van der Waals surface area contributed by atoms with Crippen molar-refractivity contribution in [1.82, 2.24) is 10.0 Å². The molecule has 0 radical (unpaired) electrons. The Bertz CT molecular complexity index is 627. The van der Waals surface area contributed by atoms with Gasteiger partial charge in [-0.15, -0.1) is 0 Å². The summed E-state index contributed by atoms with van der Waals surface area (Å²) < 4.78 is 38.9. The van der Waals surface area contributed by atoms with Crippen LogP contribution in [-0.2, 0) is 20.6 Å².